The van der Waals surface area contributed by atoms with Crippen LogP contribution in [0.15, 0.2) is 0 Å². The second-order valence-corrected chi connectivity index (χ2v) is 5.12. The summed E-state index contributed by atoms with van der Waals surface area (Å²) in [5.74, 6) is -1.81. The Morgan fingerprint density at radius 1 is 1.50 bits per heavy atom. The molecule has 0 aromatic rings. The summed E-state index contributed by atoms with van der Waals surface area (Å²) in [6.45, 7) is 5.41. The number of likely N-dealkylation sites (tertiary alicyclic amines) is 1. The number of hydrogen-bond donors (Lipinski definition) is 1. The van der Waals surface area contributed by atoms with E-state index < -0.39 is 17.4 Å². The Hall–Kier alpha value is -1.59. The first kappa shape index (κ1) is 14.5. The molecule has 6 heteroatoms. The van der Waals surface area contributed by atoms with Crippen molar-refractivity contribution in [2.75, 3.05) is 20.1 Å². The third kappa shape index (κ3) is 2.47. The van der Waals surface area contributed by atoms with Gasteiger partial charge in [0.2, 0.25) is 11.8 Å². The number of likely N-dealkylation sites (N-methyl/N-ethyl adjacent to an activating group) is 1. The predicted molar refractivity (Wildman–Crippen MR) is 64.8 cm³/mol. The zero-order valence-electron chi connectivity index (χ0n) is 11.3. The highest BCUT2D eigenvalue weighted by molar-refractivity contribution is 5.92. The third-order valence-electron chi connectivity index (χ3n) is 3.47. The Morgan fingerprint density at radius 2 is 2.06 bits per heavy atom. The summed E-state index contributed by atoms with van der Waals surface area (Å²) >= 11 is 0. The largest absolute Gasteiger partial charge is 0.480 e. The van der Waals surface area contributed by atoms with Crippen molar-refractivity contribution in [3.63, 3.8) is 0 Å². The van der Waals surface area contributed by atoms with Crippen LogP contribution in [0.2, 0.25) is 0 Å². The van der Waals surface area contributed by atoms with Crippen LogP contribution in [0.4, 0.5) is 0 Å². The highest BCUT2D eigenvalue weighted by Gasteiger charge is 2.42. The molecule has 1 unspecified atom stereocenters. The molecule has 6 nitrogen and oxygen atoms in total. The number of rotatable bonds is 4. The van der Waals surface area contributed by atoms with Gasteiger partial charge in [-0.2, -0.15) is 0 Å². The summed E-state index contributed by atoms with van der Waals surface area (Å²) in [5, 5.41) is 9.17. The molecule has 0 spiro atoms. The van der Waals surface area contributed by atoms with E-state index in [-0.39, 0.29) is 18.2 Å². The first-order valence-electron chi connectivity index (χ1n) is 6.00. The van der Waals surface area contributed by atoms with Crippen LogP contribution in [0.25, 0.3) is 0 Å². The minimum Gasteiger partial charge on any atom is -0.480 e. The maximum Gasteiger partial charge on any atom is 0.329 e. The Morgan fingerprint density at radius 3 is 2.39 bits per heavy atom. The minimum absolute atomic E-state index is 0.0717. The second-order valence-electron chi connectivity index (χ2n) is 5.12. The van der Waals surface area contributed by atoms with Gasteiger partial charge in [-0.3, -0.25) is 9.59 Å². The Labute approximate surface area is 107 Å². The lowest BCUT2D eigenvalue weighted by molar-refractivity contribution is -0.158. The lowest BCUT2D eigenvalue weighted by Gasteiger charge is -2.35. The molecule has 0 aromatic heterocycles. The summed E-state index contributed by atoms with van der Waals surface area (Å²) in [7, 11) is 1.65. The molecule has 1 rings (SSSR count). The van der Waals surface area contributed by atoms with Crippen LogP contribution >= 0.6 is 0 Å². The molecule has 1 saturated heterocycles. The molecule has 0 aliphatic carbocycles. The van der Waals surface area contributed by atoms with Gasteiger partial charge in [-0.05, 0) is 20.8 Å². The van der Waals surface area contributed by atoms with Crippen molar-refractivity contribution in [3.8, 4) is 0 Å². The fraction of sp³-hybridized carbons (Fsp3) is 0.750. The summed E-state index contributed by atoms with van der Waals surface area (Å²) in [6.07, 6.45) is 0.168. The number of amides is 2. The maximum atomic E-state index is 12.3. The number of carbonyl (C=O) groups excluding carboxylic acids is 2. The highest BCUT2D eigenvalue weighted by Crippen LogP contribution is 2.23. The maximum absolute atomic E-state index is 12.3. The van der Waals surface area contributed by atoms with E-state index in [2.05, 4.69) is 0 Å². The molecular weight excluding hydrogens is 236 g/mol. The summed E-state index contributed by atoms with van der Waals surface area (Å²) in [6, 6.07) is 0. The molecule has 1 atom stereocenters. The van der Waals surface area contributed by atoms with Crippen LogP contribution in [0, 0.1) is 5.92 Å². The second kappa shape index (κ2) is 4.96. The fourth-order valence-corrected chi connectivity index (χ4v) is 2.19. The van der Waals surface area contributed by atoms with Crippen LogP contribution < -0.4 is 0 Å². The van der Waals surface area contributed by atoms with Gasteiger partial charge >= 0.3 is 5.97 Å². The smallest absolute Gasteiger partial charge is 0.329 e. The van der Waals surface area contributed by atoms with Crippen molar-refractivity contribution in [2.45, 2.75) is 32.7 Å². The molecule has 102 valence electrons. The van der Waals surface area contributed by atoms with Gasteiger partial charge in [-0.25, -0.2) is 4.79 Å². The molecular formula is C12H20N2O4. The van der Waals surface area contributed by atoms with Crippen molar-refractivity contribution in [2.24, 2.45) is 5.92 Å². The molecule has 0 bridgehead atoms. The zero-order valence-corrected chi connectivity index (χ0v) is 11.3. The fourth-order valence-electron chi connectivity index (χ4n) is 2.19. The molecule has 1 N–H and O–H groups in total. The average molecular weight is 256 g/mol. The summed E-state index contributed by atoms with van der Waals surface area (Å²) in [5.41, 5.74) is -1.25. The highest BCUT2D eigenvalue weighted by atomic mass is 16.4. The van der Waals surface area contributed by atoms with Crippen molar-refractivity contribution >= 4 is 17.8 Å². The molecule has 18 heavy (non-hydrogen) atoms. The van der Waals surface area contributed by atoms with Gasteiger partial charge in [-0.1, -0.05) is 0 Å². The third-order valence-corrected chi connectivity index (χ3v) is 3.47. The number of hydrogen-bond acceptors (Lipinski definition) is 3. The first-order valence-corrected chi connectivity index (χ1v) is 6.00. The topological polar surface area (TPSA) is 77.9 Å². The molecule has 0 saturated carbocycles. The van der Waals surface area contributed by atoms with Gasteiger partial charge in [0.15, 0.2) is 0 Å². The van der Waals surface area contributed by atoms with Gasteiger partial charge in [-0.15, -0.1) is 0 Å². The van der Waals surface area contributed by atoms with E-state index in [0.29, 0.717) is 13.1 Å². The van der Waals surface area contributed by atoms with Crippen LogP contribution in [0.1, 0.15) is 27.2 Å². The molecule has 0 radical (unpaired) electrons. The molecule has 1 heterocycles. The van der Waals surface area contributed by atoms with E-state index in [1.54, 1.807) is 14.0 Å². The van der Waals surface area contributed by atoms with Crippen LogP contribution in [0.5, 0.6) is 0 Å². The molecule has 1 aliphatic heterocycles. The molecule has 0 aromatic carbocycles. The average Bonchev–Trinajstić information content (AvgIpc) is 2.59. The first-order chi connectivity index (χ1) is 8.21. The number of carboxylic acid groups (broad SMARTS) is 1. The van der Waals surface area contributed by atoms with Gasteiger partial charge in [0.25, 0.3) is 0 Å². The number of carbonyl (C=O) groups is 3. The predicted octanol–water partition coefficient (Wildman–Crippen LogP) is 0.176. The molecule has 1 aliphatic rings. The van der Waals surface area contributed by atoms with Gasteiger partial charge in [0, 0.05) is 26.6 Å². The van der Waals surface area contributed by atoms with Crippen molar-refractivity contribution in [3.05, 3.63) is 0 Å². The quantitative estimate of drug-likeness (QED) is 0.778. The summed E-state index contributed by atoms with van der Waals surface area (Å²) in [4.78, 5) is 37.8. The lowest BCUT2D eigenvalue weighted by Crippen LogP contribution is -2.54. The van der Waals surface area contributed by atoms with Crippen LogP contribution in [-0.2, 0) is 14.4 Å². The number of carboxylic acids is 1. The van der Waals surface area contributed by atoms with E-state index in [1.165, 1.54) is 23.6 Å². The van der Waals surface area contributed by atoms with E-state index >= 15 is 0 Å². The van der Waals surface area contributed by atoms with Crippen LogP contribution in [0.3, 0.4) is 0 Å². The minimum atomic E-state index is -1.25. The summed E-state index contributed by atoms with van der Waals surface area (Å²) < 4.78 is 0. The number of aliphatic carboxylic acids is 1. The van der Waals surface area contributed by atoms with E-state index in [9.17, 15) is 14.4 Å². The Kier molecular flexibility index (Phi) is 3.98. The zero-order chi connectivity index (χ0) is 14.1. The van der Waals surface area contributed by atoms with Gasteiger partial charge in [0.05, 0.1) is 5.92 Å². The Balaban J connectivity index is 2.87. The normalized spacial score (nSPS) is 20.1. The van der Waals surface area contributed by atoms with E-state index in [0.717, 1.165) is 0 Å². The van der Waals surface area contributed by atoms with E-state index in [4.69, 9.17) is 5.11 Å². The van der Waals surface area contributed by atoms with Gasteiger partial charge in [0.1, 0.15) is 5.54 Å². The molecule has 1 fully saturated rings. The number of nitrogens with zero attached hydrogens (tertiary/aromatic N) is 2. The molecule has 2 amide bonds. The van der Waals surface area contributed by atoms with Crippen molar-refractivity contribution in [1.29, 1.82) is 0 Å². The Bertz CT molecular complexity index is 378. The van der Waals surface area contributed by atoms with Crippen molar-refractivity contribution < 1.29 is 19.5 Å². The lowest BCUT2D eigenvalue weighted by atomic mass is 9.99. The van der Waals surface area contributed by atoms with Crippen LogP contribution in [-0.4, -0.2) is 58.4 Å². The van der Waals surface area contributed by atoms with Gasteiger partial charge < -0.3 is 14.9 Å². The monoisotopic (exact) mass is 256 g/mol. The van der Waals surface area contributed by atoms with E-state index in [1.807, 2.05) is 0 Å². The van der Waals surface area contributed by atoms with Crippen molar-refractivity contribution in [1.82, 2.24) is 9.80 Å². The SMILES string of the molecule is CCN(C(=O)C1CC(=O)N(C)C1)C(C)(C)C(=O)O. The standard InChI is InChI=1S/C12H20N2O4/c1-5-14(12(2,3)11(17)18)10(16)8-6-9(15)13(4)7-8/h8H,5-7H2,1-4H3,(H,17,18).